The van der Waals surface area contributed by atoms with Gasteiger partial charge in [-0.25, -0.2) is 0 Å². The zero-order valence-corrected chi connectivity index (χ0v) is 12.0. The molecule has 1 aliphatic rings. The van der Waals surface area contributed by atoms with Crippen LogP contribution >= 0.6 is 11.8 Å². The summed E-state index contributed by atoms with van der Waals surface area (Å²) in [5.74, 6) is 1.71. The van der Waals surface area contributed by atoms with E-state index in [2.05, 4.69) is 22.8 Å². The van der Waals surface area contributed by atoms with Gasteiger partial charge in [0.25, 0.3) is 0 Å². The summed E-state index contributed by atoms with van der Waals surface area (Å²) < 4.78 is 0. The summed E-state index contributed by atoms with van der Waals surface area (Å²) in [5.41, 5.74) is 0. The van der Waals surface area contributed by atoms with Gasteiger partial charge in [0.1, 0.15) is 0 Å². The zero-order valence-electron chi connectivity index (χ0n) is 11.2. The van der Waals surface area contributed by atoms with Crippen LogP contribution in [-0.4, -0.2) is 31.3 Å². The maximum Gasteiger partial charge on any atom is 0.220 e. The van der Waals surface area contributed by atoms with Crippen molar-refractivity contribution in [3.05, 3.63) is 30.3 Å². The summed E-state index contributed by atoms with van der Waals surface area (Å²) in [4.78, 5) is 13.0. The van der Waals surface area contributed by atoms with E-state index in [1.54, 1.807) is 11.8 Å². The summed E-state index contributed by atoms with van der Waals surface area (Å²) in [6.45, 7) is 2.87. The molecular weight excluding hydrogens is 256 g/mol. The fourth-order valence-corrected chi connectivity index (χ4v) is 3.09. The SMILES string of the molecule is O=C(CC1CCNCC1)NCCSc1ccccc1. The molecule has 2 rings (SSSR count). The Hall–Kier alpha value is -1.00. The predicted octanol–water partition coefficient (Wildman–Crippen LogP) is 2.28. The Morgan fingerprint density at radius 1 is 1.26 bits per heavy atom. The Labute approximate surface area is 119 Å². The van der Waals surface area contributed by atoms with Crippen molar-refractivity contribution in [2.24, 2.45) is 5.92 Å². The van der Waals surface area contributed by atoms with E-state index in [1.165, 1.54) is 4.90 Å². The smallest absolute Gasteiger partial charge is 0.220 e. The highest BCUT2D eigenvalue weighted by atomic mass is 32.2. The van der Waals surface area contributed by atoms with Gasteiger partial charge in [0, 0.05) is 23.6 Å². The molecule has 0 saturated carbocycles. The van der Waals surface area contributed by atoms with Crippen LogP contribution in [0.1, 0.15) is 19.3 Å². The maximum absolute atomic E-state index is 11.8. The number of carbonyl (C=O) groups is 1. The van der Waals surface area contributed by atoms with Gasteiger partial charge >= 0.3 is 0 Å². The van der Waals surface area contributed by atoms with Crippen LogP contribution in [0.2, 0.25) is 0 Å². The molecule has 1 amide bonds. The van der Waals surface area contributed by atoms with E-state index in [0.29, 0.717) is 12.3 Å². The molecule has 0 unspecified atom stereocenters. The molecule has 104 valence electrons. The van der Waals surface area contributed by atoms with Crippen molar-refractivity contribution < 1.29 is 4.79 Å². The van der Waals surface area contributed by atoms with Gasteiger partial charge in [0.05, 0.1) is 0 Å². The Balaban J connectivity index is 1.56. The first kappa shape index (κ1) is 14.4. The first-order chi connectivity index (χ1) is 9.34. The van der Waals surface area contributed by atoms with Crippen molar-refractivity contribution in [1.82, 2.24) is 10.6 Å². The summed E-state index contributed by atoms with van der Waals surface area (Å²) in [6, 6.07) is 10.3. The molecule has 1 saturated heterocycles. The molecule has 1 aliphatic heterocycles. The lowest BCUT2D eigenvalue weighted by Gasteiger charge is -2.21. The average Bonchev–Trinajstić information content (AvgIpc) is 2.46. The third-order valence-corrected chi connectivity index (χ3v) is 4.38. The van der Waals surface area contributed by atoms with E-state index >= 15 is 0 Å². The molecule has 0 aliphatic carbocycles. The summed E-state index contributed by atoms with van der Waals surface area (Å²) in [6.07, 6.45) is 2.95. The maximum atomic E-state index is 11.8. The summed E-state index contributed by atoms with van der Waals surface area (Å²) in [7, 11) is 0. The van der Waals surface area contributed by atoms with E-state index in [-0.39, 0.29) is 5.91 Å². The molecule has 0 spiro atoms. The highest BCUT2D eigenvalue weighted by Gasteiger charge is 2.16. The number of piperidine rings is 1. The third kappa shape index (κ3) is 5.66. The zero-order chi connectivity index (χ0) is 13.3. The molecule has 1 aromatic carbocycles. The van der Waals surface area contributed by atoms with Crippen LogP contribution in [0, 0.1) is 5.92 Å². The van der Waals surface area contributed by atoms with Crippen LogP contribution in [0.25, 0.3) is 0 Å². The van der Waals surface area contributed by atoms with Gasteiger partial charge in [-0.05, 0) is 44.0 Å². The highest BCUT2D eigenvalue weighted by molar-refractivity contribution is 7.99. The molecule has 0 radical (unpaired) electrons. The molecule has 0 atom stereocenters. The molecule has 1 fully saturated rings. The van der Waals surface area contributed by atoms with Gasteiger partial charge in [0.2, 0.25) is 5.91 Å². The van der Waals surface area contributed by atoms with Crippen molar-refractivity contribution in [3.8, 4) is 0 Å². The fourth-order valence-electron chi connectivity index (χ4n) is 2.30. The molecular formula is C15H22N2OS. The Kier molecular flexibility index (Phi) is 6.24. The molecule has 4 heteroatoms. The Bertz CT molecular complexity index is 377. The molecule has 0 bridgehead atoms. The number of hydrogen-bond donors (Lipinski definition) is 2. The number of hydrogen-bond acceptors (Lipinski definition) is 3. The van der Waals surface area contributed by atoms with Crippen LogP contribution in [-0.2, 0) is 4.79 Å². The largest absolute Gasteiger partial charge is 0.355 e. The van der Waals surface area contributed by atoms with Crippen LogP contribution in [0.3, 0.4) is 0 Å². The van der Waals surface area contributed by atoms with Crippen LogP contribution < -0.4 is 10.6 Å². The standard InChI is InChI=1S/C15H22N2OS/c18-15(12-13-6-8-16-9-7-13)17-10-11-19-14-4-2-1-3-5-14/h1-5,13,16H,6-12H2,(H,17,18). The second-order valence-electron chi connectivity index (χ2n) is 4.91. The highest BCUT2D eigenvalue weighted by Crippen LogP contribution is 2.17. The minimum atomic E-state index is 0.209. The number of thioether (sulfide) groups is 1. The molecule has 2 N–H and O–H groups in total. The number of rotatable bonds is 6. The van der Waals surface area contributed by atoms with E-state index in [9.17, 15) is 4.79 Å². The Morgan fingerprint density at radius 3 is 2.74 bits per heavy atom. The van der Waals surface area contributed by atoms with E-state index < -0.39 is 0 Å². The van der Waals surface area contributed by atoms with Gasteiger partial charge in [-0.1, -0.05) is 18.2 Å². The summed E-state index contributed by atoms with van der Waals surface area (Å²) >= 11 is 1.78. The predicted molar refractivity (Wildman–Crippen MR) is 80.4 cm³/mol. The summed E-state index contributed by atoms with van der Waals surface area (Å²) in [5, 5.41) is 6.34. The topological polar surface area (TPSA) is 41.1 Å². The molecule has 19 heavy (non-hydrogen) atoms. The number of amides is 1. The number of carbonyl (C=O) groups excluding carboxylic acids is 1. The Morgan fingerprint density at radius 2 is 2.00 bits per heavy atom. The minimum Gasteiger partial charge on any atom is -0.355 e. The van der Waals surface area contributed by atoms with Crippen molar-refractivity contribution in [3.63, 3.8) is 0 Å². The van der Waals surface area contributed by atoms with Crippen molar-refractivity contribution in [2.75, 3.05) is 25.4 Å². The van der Waals surface area contributed by atoms with Gasteiger partial charge < -0.3 is 10.6 Å². The average molecular weight is 278 g/mol. The van der Waals surface area contributed by atoms with E-state index in [0.717, 1.165) is 38.2 Å². The van der Waals surface area contributed by atoms with E-state index in [4.69, 9.17) is 0 Å². The third-order valence-electron chi connectivity index (χ3n) is 3.37. The molecule has 0 aromatic heterocycles. The minimum absolute atomic E-state index is 0.209. The van der Waals surface area contributed by atoms with Crippen LogP contribution in [0.15, 0.2) is 35.2 Å². The van der Waals surface area contributed by atoms with Gasteiger partial charge in [-0.3, -0.25) is 4.79 Å². The first-order valence-corrected chi connectivity index (χ1v) is 7.98. The van der Waals surface area contributed by atoms with Crippen molar-refractivity contribution >= 4 is 17.7 Å². The van der Waals surface area contributed by atoms with E-state index in [1.807, 2.05) is 18.2 Å². The van der Waals surface area contributed by atoms with Crippen LogP contribution in [0.4, 0.5) is 0 Å². The number of benzene rings is 1. The lowest BCUT2D eigenvalue weighted by atomic mass is 9.94. The van der Waals surface area contributed by atoms with Crippen LogP contribution in [0.5, 0.6) is 0 Å². The van der Waals surface area contributed by atoms with Gasteiger partial charge in [-0.15, -0.1) is 11.8 Å². The quantitative estimate of drug-likeness (QED) is 0.619. The monoisotopic (exact) mass is 278 g/mol. The first-order valence-electron chi connectivity index (χ1n) is 7.00. The second-order valence-corrected chi connectivity index (χ2v) is 6.08. The normalized spacial score (nSPS) is 16.2. The fraction of sp³-hybridized carbons (Fsp3) is 0.533. The number of nitrogens with one attached hydrogen (secondary N) is 2. The molecule has 1 aromatic rings. The lowest BCUT2D eigenvalue weighted by Crippen LogP contribution is -2.33. The van der Waals surface area contributed by atoms with Crippen molar-refractivity contribution in [1.29, 1.82) is 0 Å². The lowest BCUT2D eigenvalue weighted by molar-refractivity contribution is -0.122. The molecule has 1 heterocycles. The molecule has 3 nitrogen and oxygen atoms in total. The second kappa shape index (κ2) is 8.23. The van der Waals surface area contributed by atoms with Gasteiger partial charge in [-0.2, -0.15) is 0 Å². The van der Waals surface area contributed by atoms with Gasteiger partial charge in [0.15, 0.2) is 0 Å². The van der Waals surface area contributed by atoms with Crippen molar-refractivity contribution in [2.45, 2.75) is 24.2 Å².